The molecule has 13 heavy (non-hydrogen) atoms. The van der Waals surface area contributed by atoms with Gasteiger partial charge in [-0.05, 0) is 30.9 Å². The molecule has 1 aromatic heterocycles. The molecule has 3 heteroatoms. The number of fused-ring (bicyclic) bond motifs is 4. The summed E-state index contributed by atoms with van der Waals surface area (Å²) >= 11 is 0. The Balaban J connectivity index is 2.16. The molecule has 0 spiro atoms. The SMILES string of the molecule is Fc1nccc2c1CC1CCC2N1. The van der Waals surface area contributed by atoms with Gasteiger partial charge in [-0.25, -0.2) is 4.98 Å². The van der Waals surface area contributed by atoms with Crippen LogP contribution in [0.15, 0.2) is 12.3 Å². The zero-order chi connectivity index (χ0) is 8.84. The maximum atomic E-state index is 13.3. The van der Waals surface area contributed by atoms with Gasteiger partial charge in [-0.2, -0.15) is 4.39 Å². The van der Waals surface area contributed by atoms with Crippen LogP contribution in [0, 0.1) is 5.95 Å². The summed E-state index contributed by atoms with van der Waals surface area (Å²) in [4.78, 5) is 3.69. The molecular formula is C10H11FN2. The Labute approximate surface area is 76.2 Å². The highest BCUT2D eigenvalue weighted by Crippen LogP contribution is 2.35. The zero-order valence-corrected chi connectivity index (χ0v) is 7.26. The Morgan fingerprint density at radius 2 is 2.38 bits per heavy atom. The third kappa shape index (κ3) is 1.000. The van der Waals surface area contributed by atoms with E-state index in [-0.39, 0.29) is 5.95 Å². The van der Waals surface area contributed by atoms with E-state index in [2.05, 4.69) is 10.3 Å². The standard InChI is InChI=1S/C10H11FN2/c11-10-8-5-6-1-2-9(13-6)7(8)3-4-12-10/h3-4,6,9,13H,1-2,5H2. The Morgan fingerprint density at radius 1 is 1.46 bits per heavy atom. The second kappa shape index (κ2) is 2.51. The molecule has 2 atom stereocenters. The Kier molecular flexibility index (Phi) is 1.44. The molecule has 1 N–H and O–H groups in total. The summed E-state index contributed by atoms with van der Waals surface area (Å²) in [6, 6.07) is 2.81. The van der Waals surface area contributed by atoms with Crippen molar-refractivity contribution in [1.82, 2.24) is 10.3 Å². The lowest BCUT2D eigenvalue weighted by atomic mass is 9.97. The lowest BCUT2D eigenvalue weighted by Gasteiger charge is -2.24. The van der Waals surface area contributed by atoms with E-state index >= 15 is 0 Å². The van der Waals surface area contributed by atoms with E-state index in [4.69, 9.17) is 0 Å². The maximum Gasteiger partial charge on any atom is 0.216 e. The molecule has 2 nitrogen and oxygen atoms in total. The van der Waals surface area contributed by atoms with E-state index in [1.54, 1.807) is 6.20 Å². The molecule has 3 heterocycles. The van der Waals surface area contributed by atoms with Gasteiger partial charge in [0.15, 0.2) is 0 Å². The summed E-state index contributed by atoms with van der Waals surface area (Å²) < 4.78 is 13.3. The van der Waals surface area contributed by atoms with Gasteiger partial charge in [0.25, 0.3) is 0 Å². The molecule has 2 aliphatic rings. The van der Waals surface area contributed by atoms with Crippen molar-refractivity contribution in [2.45, 2.75) is 31.3 Å². The van der Waals surface area contributed by atoms with Gasteiger partial charge in [0.1, 0.15) is 0 Å². The average molecular weight is 178 g/mol. The van der Waals surface area contributed by atoms with Gasteiger partial charge in [-0.15, -0.1) is 0 Å². The third-order valence-electron chi connectivity index (χ3n) is 3.11. The van der Waals surface area contributed by atoms with Crippen LogP contribution in [-0.4, -0.2) is 11.0 Å². The van der Waals surface area contributed by atoms with Gasteiger partial charge in [-0.3, -0.25) is 0 Å². The smallest absolute Gasteiger partial charge is 0.216 e. The topological polar surface area (TPSA) is 24.9 Å². The second-order valence-electron chi connectivity index (χ2n) is 3.87. The first kappa shape index (κ1) is 7.44. The van der Waals surface area contributed by atoms with E-state index in [0.717, 1.165) is 24.0 Å². The number of rotatable bonds is 0. The quantitative estimate of drug-likeness (QED) is 0.610. The van der Waals surface area contributed by atoms with Crippen LogP contribution in [0.1, 0.15) is 30.0 Å². The monoisotopic (exact) mass is 178 g/mol. The van der Waals surface area contributed by atoms with Gasteiger partial charge in [-0.1, -0.05) is 0 Å². The van der Waals surface area contributed by atoms with Crippen molar-refractivity contribution < 1.29 is 4.39 Å². The molecule has 0 radical (unpaired) electrons. The largest absolute Gasteiger partial charge is 0.307 e. The average Bonchev–Trinajstić information content (AvgIpc) is 2.51. The first-order valence-electron chi connectivity index (χ1n) is 4.74. The van der Waals surface area contributed by atoms with Gasteiger partial charge in [0.05, 0.1) is 0 Å². The molecular weight excluding hydrogens is 167 g/mol. The van der Waals surface area contributed by atoms with Crippen LogP contribution in [0.25, 0.3) is 0 Å². The van der Waals surface area contributed by atoms with E-state index < -0.39 is 0 Å². The molecule has 2 aliphatic heterocycles. The fourth-order valence-corrected chi connectivity index (χ4v) is 2.48. The van der Waals surface area contributed by atoms with Gasteiger partial charge >= 0.3 is 0 Å². The van der Waals surface area contributed by atoms with Gasteiger partial charge in [0, 0.05) is 23.8 Å². The molecule has 1 fully saturated rings. The van der Waals surface area contributed by atoms with Crippen molar-refractivity contribution in [3.8, 4) is 0 Å². The molecule has 68 valence electrons. The number of aromatic nitrogens is 1. The molecule has 1 aromatic rings. The Hall–Kier alpha value is -0.960. The summed E-state index contributed by atoms with van der Waals surface area (Å²) in [5.74, 6) is -0.268. The summed E-state index contributed by atoms with van der Waals surface area (Å²) in [5.41, 5.74) is 1.97. The summed E-state index contributed by atoms with van der Waals surface area (Å²) in [6.45, 7) is 0. The fraction of sp³-hybridized carbons (Fsp3) is 0.500. The lowest BCUT2D eigenvalue weighted by Crippen LogP contribution is -2.32. The van der Waals surface area contributed by atoms with E-state index in [1.165, 1.54) is 6.42 Å². The van der Waals surface area contributed by atoms with Crippen LogP contribution in [-0.2, 0) is 6.42 Å². The van der Waals surface area contributed by atoms with Gasteiger partial charge in [0.2, 0.25) is 5.95 Å². The highest BCUT2D eigenvalue weighted by Gasteiger charge is 2.33. The molecule has 2 unspecified atom stereocenters. The number of hydrogen-bond donors (Lipinski definition) is 1. The van der Waals surface area contributed by atoms with E-state index in [1.807, 2.05) is 6.07 Å². The maximum absolute atomic E-state index is 13.3. The first-order chi connectivity index (χ1) is 6.34. The predicted molar refractivity (Wildman–Crippen MR) is 46.8 cm³/mol. The number of nitrogens with zero attached hydrogens (tertiary/aromatic N) is 1. The molecule has 2 bridgehead atoms. The van der Waals surface area contributed by atoms with Crippen LogP contribution in [0.3, 0.4) is 0 Å². The number of nitrogens with one attached hydrogen (secondary N) is 1. The molecule has 0 amide bonds. The van der Waals surface area contributed by atoms with Crippen LogP contribution in [0.4, 0.5) is 4.39 Å². The minimum absolute atomic E-state index is 0.268. The van der Waals surface area contributed by atoms with Crippen molar-refractivity contribution in [3.63, 3.8) is 0 Å². The van der Waals surface area contributed by atoms with Gasteiger partial charge < -0.3 is 5.32 Å². The fourth-order valence-electron chi connectivity index (χ4n) is 2.48. The normalized spacial score (nSPS) is 30.2. The Morgan fingerprint density at radius 3 is 3.31 bits per heavy atom. The summed E-state index contributed by atoms with van der Waals surface area (Å²) in [7, 11) is 0. The minimum Gasteiger partial charge on any atom is -0.307 e. The van der Waals surface area contributed by atoms with Crippen LogP contribution in [0.2, 0.25) is 0 Å². The molecule has 0 aromatic carbocycles. The highest BCUT2D eigenvalue weighted by atomic mass is 19.1. The predicted octanol–water partition coefficient (Wildman–Crippen LogP) is 1.57. The molecule has 1 saturated heterocycles. The van der Waals surface area contributed by atoms with Crippen LogP contribution >= 0.6 is 0 Å². The number of hydrogen-bond acceptors (Lipinski definition) is 2. The van der Waals surface area contributed by atoms with Crippen molar-refractivity contribution in [3.05, 3.63) is 29.3 Å². The van der Waals surface area contributed by atoms with Crippen molar-refractivity contribution in [2.24, 2.45) is 0 Å². The number of halogens is 1. The summed E-state index contributed by atoms with van der Waals surface area (Å²) in [6.07, 6.45) is 4.68. The number of pyridine rings is 1. The first-order valence-corrected chi connectivity index (χ1v) is 4.74. The molecule has 0 aliphatic carbocycles. The molecule has 3 rings (SSSR count). The van der Waals surface area contributed by atoms with Crippen LogP contribution < -0.4 is 5.32 Å². The second-order valence-corrected chi connectivity index (χ2v) is 3.87. The van der Waals surface area contributed by atoms with Crippen molar-refractivity contribution in [1.29, 1.82) is 0 Å². The van der Waals surface area contributed by atoms with Crippen molar-refractivity contribution in [2.75, 3.05) is 0 Å². The highest BCUT2D eigenvalue weighted by molar-refractivity contribution is 5.33. The third-order valence-corrected chi connectivity index (χ3v) is 3.11. The Bertz CT molecular complexity index is 351. The lowest BCUT2D eigenvalue weighted by molar-refractivity contribution is 0.478. The zero-order valence-electron chi connectivity index (χ0n) is 7.26. The summed E-state index contributed by atoms with van der Waals surface area (Å²) in [5, 5.41) is 3.48. The molecule has 0 saturated carbocycles. The van der Waals surface area contributed by atoms with Crippen molar-refractivity contribution >= 4 is 0 Å². The van der Waals surface area contributed by atoms with Crippen LogP contribution in [0.5, 0.6) is 0 Å². The van der Waals surface area contributed by atoms with E-state index in [0.29, 0.717) is 12.1 Å². The minimum atomic E-state index is -0.268. The van der Waals surface area contributed by atoms with E-state index in [9.17, 15) is 4.39 Å².